The Bertz CT molecular complexity index is 382. The minimum absolute atomic E-state index is 0.163. The van der Waals surface area contributed by atoms with E-state index in [4.69, 9.17) is 5.26 Å². The van der Waals surface area contributed by atoms with E-state index >= 15 is 0 Å². The van der Waals surface area contributed by atoms with Crippen LogP contribution < -0.4 is 0 Å². The lowest BCUT2D eigenvalue weighted by molar-refractivity contribution is 0.416. The second kappa shape index (κ2) is 3.75. The molecule has 68 valence electrons. The summed E-state index contributed by atoms with van der Waals surface area (Å²) in [6.45, 7) is 0. The molecule has 0 unspecified atom stereocenters. The molecule has 13 heavy (non-hydrogen) atoms. The maximum atomic E-state index is 9.34. The summed E-state index contributed by atoms with van der Waals surface area (Å²) in [5, 5.41) is 36.6. The van der Waals surface area contributed by atoms with Crippen LogP contribution in [0.15, 0.2) is 0 Å². The van der Waals surface area contributed by atoms with E-state index in [1.807, 2.05) is 0 Å². The lowest BCUT2D eigenvalue weighted by Gasteiger charge is -2.07. The van der Waals surface area contributed by atoms with Gasteiger partial charge in [0.25, 0.3) is 0 Å². The van der Waals surface area contributed by atoms with Crippen molar-refractivity contribution in [2.24, 2.45) is 0 Å². The van der Waals surface area contributed by atoms with Gasteiger partial charge in [-0.1, -0.05) is 0 Å². The fourth-order valence-corrected chi connectivity index (χ4v) is 2.35. The summed E-state index contributed by atoms with van der Waals surface area (Å²) < 4.78 is 0.327. The Morgan fingerprint density at radius 1 is 0.923 bits per heavy atom. The van der Waals surface area contributed by atoms with Gasteiger partial charge in [-0.15, -0.1) is 0 Å². The normalized spacial score (nSPS) is 9.62. The zero-order chi connectivity index (χ0) is 10.2. The fourth-order valence-electron chi connectivity index (χ4n) is 0.758. The highest BCUT2D eigenvalue weighted by Gasteiger charge is 2.20. The number of benzene rings is 1. The summed E-state index contributed by atoms with van der Waals surface area (Å²) >= 11 is 3.39. The first-order chi connectivity index (χ1) is 6.00. The maximum absolute atomic E-state index is 9.34. The molecule has 0 heterocycles. The lowest BCUT2D eigenvalue weighted by Crippen LogP contribution is -1.88. The van der Waals surface area contributed by atoms with Crippen LogP contribution in [0, 0.1) is 18.5 Å². The number of nitrogens with zero attached hydrogens (tertiary/aromatic N) is 1. The summed E-state index contributed by atoms with van der Waals surface area (Å²) in [5.41, 5.74) is -0.216. The van der Waals surface area contributed by atoms with Gasteiger partial charge in [0.1, 0.15) is 17.4 Å². The van der Waals surface area contributed by atoms with Crippen molar-refractivity contribution in [3.8, 4) is 23.3 Å². The molecule has 0 radical (unpaired) electrons. The van der Waals surface area contributed by atoms with Crippen LogP contribution >= 0.6 is 45.2 Å². The summed E-state index contributed by atoms with van der Waals surface area (Å²) in [5.74, 6) is -0.993. The van der Waals surface area contributed by atoms with Crippen molar-refractivity contribution in [2.75, 3.05) is 0 Å². The van der Waals surface area contributed by atoms with Gasteiger partial charge in [-0.3, -0.25) is 0 Å². The lowest BCUT2D eigenvalue weighted by atomic mass is 10.2. The van der Waals surface area contributed by atoms with Crippen molar-refractivity contribution >= 4 is 45.2 Å². The largest absolute Gasteiger partial charge is 0.505 e. The van der Waals surface area contributed by atoms with Gasteiger partial charge in [0.05, 0.1) is 7.14 Å². The standard InChI is InChI=1S/C7H3I2NO3/c8-3-5(11)2(1-10)6(12)4(9)7(3)13/h11-13H. The van der Waals surface area contributed by atoms with Gasteiger partial charge in [-0.2, -0.15) is 5.26 Å². The van der Waals surface area contributed by atoms with Gasteiger partial charge in [-0.05, 0) is 45.2 Å². The smallest absolute Gasteiger partial charge is 0.154 e. The van der Waals surface area contributed by atoms with Crippen LogP contribution in [-0.4, -0.2) is 15.3 Å². The molecule has 4 nitrogen and oxygen atoms in total. The van der Waals surface area contributed by atoms with Gasteiger partial charge in [-0.25, -0.2) is 0 Å². The molecule has 1 rings (SSSR count). The van der Waals surface area contributed by atoms with Crippen LogP contribution in [0.5, 0.6) is 17.2 Å². The second-order valence-corrected chi connectivity index (χ2v) is 4.32. The number of aromatic hydroxyl groups is 3. The third-order valence-corrected chi connectivity index (χ3v) is 3.46. The Kier molecular flexibility index (Phi) is 3.07. The van der Waals surface area contributed by atoms with E-state index in [0.29, 0.717) is 0 Å². The Balaban J connectivity index is 3.69. The average molecular weight is 403 g/mol. The van der Waals surface area contributed by atoms with Crippen LogP contribution in [0.3, 0.4) is 0 Å². The predicted octanol–water partition coefficient (Wildman–Crippen LogP) is 1.88. The molecule has 1 aromatic rings. The maximum Gasteiger partial charge on any atom is 0.154 e. The zero-order valence-corrected chi connectivity index (χ0v) is 10.4. The van der Waals surface area contributed by atoms with E-state index in [0.717, 1.165) is 0 Å². The molecule has 0 spiro atoms. The monoisotopic (exact) mass is 403 g/mol. The van der Waals surface area contributed by atoms with E-state index in [1.54, 1.807) is 51.3 Å². The molecule has 3 N–H and O–H groups in total. The summed E-state index contributed by atoms with van der Waals surface area (Å²) in [4.78, 5) is 0. The van der Waals surface area contributed by atoms with Gasteiger partial charge in [0.15, 0.2) is 11.5 Å². The molecule has 0 saturated heterocycles. The number of halogens is 2. The molecule has 0 aliphatic heterocycles. The van der Waals surface area contributed by atoms with Gasteiger partial charge >= 0.3 is 0 Å². The molecule has 0 atom stereocenters. The van der Waals surface area contributed by atoms with Gasteiger partial charge in [0.2, 0.25) is 0 Å². The van der Waals surface area contributed by atoms with E-state index < -0.39 is 11.5 Å². The Hall–Kier alpha value is -0.430. The molecule has 6 heteroatoms. The zero-order valence-electron chi connectivity index (χ0n) is 6.04. The van der Waals surface area contributed by atoms with Crippen molar-refractivity contribution in [1.82, 2.24) is 0 Å². The van der Waals surface area contributed by atoms with Crippen molar-refractivity contribution in [3.63, 3.8) is 0 Å². The minimum atomic E-state index is -0.390. The quantitative estimate of drug-likeness (QED) is 0.578. The molecule has 0 aliphatic carbocycles. The summed E-state index contributed by atoms with van der Waals surface area (Å²) in [6.07, 6.45) is 0. The fraction of sp³-hybridized carbons (Fsp3) is 0. The van der Waals surface area contributed by atoms with E-state index in [1.165, 1.54) is 0 Å². The second-order valence-electron chi connectivity index (χ2n) is 2.16. The average Bonchev–Trinajstić information content (AvgIpc) is 2.13. The Morgan fingerprint density at radius 3 is 1.62 bits per heavy atom. The van der Waals surface area contributed by atoms with Crippen molar-refractivity contribution in [3.05, 3.63) is 12.7 Å². The number of rotatable bonds is 0. The minimum Gasteiger partial charge on any atom is -0.505 e. The molecule has 0 aliphatic rings. The summed E-state index contributed by atoms with van der Waals surface area (Å²) in [7, 11) is 0. The molecule has 0 fully saturated rings. The molecule has 0 aromatic heterocycles. The van der Waals surface area contributed by atoms with Crippen molar-refractivity contribution in [1.29, 1.82) is 5.26 Å². The first kappa shape index (κ1) is 10.6. The highest BCUT2D eigenvalue weighted by atomic mass is 127. The molecule has 0 saturated carbocycles. The first-order valence-electron chi connectivity index (χ1n) is 3.02. The Morgan fingerprint density at radius 2 is 1.31 bits per heavy atom. The number of hydrogen-bond donors (Lipinski definition) is 3. The van der Waals surface area contributed by atoms with Crippen LogP contribution in [0.25, 0.3) is 0 Å². The number of nitriles is 1. The van der Waals surface area contributed by atoms with Crippen molar-refractivity contribution in [2.45, 2.75) is 0 Å². The highest BCUT2D eigenvalue weighted by molar-refractivity contribution is 14.1. The summed E-state index contributed by atoms with van der Waals surface area (Å²) in [6, 6.07) is 1.65. The van der Waals surface area contributed by atoms with E-state index in [2.05, 4.69) is 0 Å². The molecule has 1 aromatic carbocycles. The third kappa shape index (κ3) is 1.62. The van der Waals surface area contributed by atoms with Crippen LogP contribution in [0.2, 0.25) is 0 Å². The van der Waals surface area contributed by atoms with Gasteiger partial charge < -0.3 is 15.3 Å². The molecular weight excluding hydrogens is 400 g/mol. The number of hydrogen-bond acceptors (Lipinski definition) is 4. The SMILES string of the molecule is N#Cc1c(O)c(I)c(O)c(I)c1O. The van der Waals surface area contributed by atoms with Crippen molar-refractivity contribution < 1.29 is 15.3 Å². The third-order valence-electron chi connectivity index (χ3n) is 1.42. The van der Waals surface area contributed by atoms with Gasteiger partial charge in [0, 0.05) is 0 Å². The van der Waals surface area contributed by atoms with Crippen LogP contribution in [0.4, 0.5) is 0 Å². The van der Waals surface area contributed by atoms with Crippen LogP contribution in [-0.2, 0) is 0 Å². The topological polar surface area (TPSA) is 84.5 Å². The number of phenols is 3. The predicted molar refractivity (Wildman–Crippen MR) is 61.6 cm³/mol. The highest BCUT2D eigenvalue weighted by Crippen LogP contribution is 2.42. The first-order valence-corrected chi connectivity index (χ1v) is 5.18. The molecule has 0 bridgehead atoms. The Labute approximate surface area is 101 Å². The number of phenolic OH excluding ortho intramolecular Hbond substituents is 3. The molecule has 0 amide bonds. The van der Waals surface area contributed by atoms with E-state index in [9.17, 15) is 15.3 Å². The van der Waals surface area contributed by atoms with E-state index in [-0.39, 0.29) is 18.5 Å². The van der Waals surface area contributed by atoms with Crippen LogP contribution in [0.1, 0.15) is 5.56 Å². The molecular formula is C7H3I2NO3.